The lowest BCUT2D eigenvalue weighted by Crippen LogP contribution is -2.37. The SMILES string of the molecule is CC1(C)CC(=O)n2c(c(-c3ccc(C(N)=O)c(NC4CCC(OC(=O)C(N)CCCCN)CC4)c3)c3ccccc32)C1. The number of hydrogen-bond acceptors (Lipinski definition) is 7. The van der Waals surface area contributed by atoms with E-state index in [4.69, 9.17) is 21.9 Å². The molecule has 1 amide bonds. The van der Waals surface area contributed by atoms with Crippen LogP contribution in [0.1, 0.15) is 86.1 Å². The fraction of sp³-hybridized carbons (Fsp3) is 0.485. The summed E-state index contributed by atoms with van der Waals surface area (Å²) in [4.78, 5) is 38.1. The number of anilines is 1. The first kappa shape index (κ1) is 29.8. The van der Waals surface area contributed by atoms with E-state index in [9.17, 15) is 14.4 Å². The normalized spacial score (nSPS) is 20.6. The van der Waals surface area contributed by atoms with Gasteiger partial charge in [0, 0.05) is 34.8 Å². The minimum atomic E-state index is -0.620. The Hall–Kier alpha value is -3.69. The van der Waals surface area contributed by atoms with Gasteiger partial charge < -0.3 is 27.3 Å². The molecule has 224 valence electrons. The third kappa shape index (κ3) is 6.22. The zero-order valence-corrected chi connectivity index (χ0v) is 24.7. The zero-order valence-electron chi connectivity index (χ0n) is 24.7. The molecule has 1 atom stereocenters. The lowest BCUT2D eigenvalue weighted by molar-refractivity contribution is -0.152. The number of hydrogen-bond donors (Lipinski definition) is 4. The number of ether oxygens (including phenoxy) is 1. The van der Waals surface area contributed by atoms with Gasteiger partial charge in [-0.25, -0.2) is 0 Å². The van der Waals surface area contributed by atoms with Gasteiger partial charge >= 0.3 is 5.97 Å². The van der Waals surface area contributed by atoms with E-state index in [2.05, 4.69) is 25.2 Å². The third-order valence-corrected chi connectivity index (χ3v) is 8.66. The van der Waals surface area contributed by atoms with E-state index in [0.29, 0.717) is 43.5 Å². The van der Waals surface area contributed by atoms with Crippen LogP contribution in [0.5, 0.6) is 0 Å². The largest absolute Gasteiger partial charge is 0.461 e. The van der Waals surface area contributed by atoms with Crippen LogP contribution in [0.3, 0.4) is 0 Å². The van der Waals surface area contributed by atoms with Gasteiger partial charge in [0.05, 0.1) is 11.1 Å². The van der Waals surface area contributed by atoms with Crippen molar-refractivity contribution in [1.29, 1.82) is 0 Å². The summed E-state index contributed by atoms with van der Waals surface area (Å²) in [6.07, 6.45) is 6.27. The van der Waals surface area contributed by atoms with Crippen LogP contribution in [0.4, 0.5) is 5.69 Å². The van der Waals surface area contributed by atoms with Crippen molar-refractivity contribution in [1.82, 2.24) is 4.57 Å². The molecule has 7 N–H and O–H groups in total. The first-order chi connectivity index (χ1) is 20.1. The molecule has 0 bridgehead atoms. The summed E-state index contributed by atoms with van der Waals surface area (Å²) in [7, 11) is 0. The lowest BCUT2D eigenvalue weighted by Gasteiger charge is -2.31. The van der Waals surface area contributed by atoms with Crippen LogP contribution >= 0.6 is 0 Å². The Morgan fingerprint density at radius 2 is 1.81 bits per heavy atom. The molecule has 2 heterocycles. The maximum Gasteiger partial charge on any atom is 0.323 e. The Kier molecular flexibility index (Phi) is 8.70. The van der Waals surface area contributed by atoms with E-state index in [1.165, 1.54) is 0 Å². The summed E-state index contributed by atoms with van der Waals surface area (Å²) < 4.78 is 7.58. The van der Waals surface area contributed by atoms with Gasteiger partial charge in [-0.2, -0.15) is 0 Å². The standard InChI is InChI=1S/C33H43N5O4/c1-33(2)18-28-30(24-7-3-4-9-27(24)38(28)29(39)19-33)20-10-15-23(31(36)40)26(17-20)37-21-11-13-22(14-12-21)42-32(41)25(35)8-5-6-16-34/h3-4,7,9-10,15,17,21-22,25,37H,5-6,8,11-14,16,18-19,34-35H2,1-2H3,(H2,36,40). The number of fused-ring (bicyclic) bond motifs is 3. The summed E-state index contributed by atoms with van der Waals surface area (Å²) in [6.45, 7) is 4.84. The van der Waals surface area contributed by atoms with Crippen molar-refractivity contribution in [3.05, 3.63) is 53.7 Å². The van der Waals surface area contributed by atoms with E-state index in [1.54, 1.807) is 6.07 Å². The van der Waals surface area contributed by atoms with Crippen molar-refractivity contribution in [2.45, 2.75) is 89.8 Å². The van der Waals surface area contributed by atoms with Crippen LogP contribution < -0.4 is 22.5 Å². The number of aromatic nitrogens is 1. The quantitative estimate of drug-likeness (QED) is 0.202. The monoisotopic (exact) mass is 573 g/mol. The number of rotatable bonds is 10. The first-order valence-corrected chi connectivity index (χ1v) is 15.1. The molecule has 0 spiro atoms. The fourth-order valence-corrected chi connectivity index (χ4v) is 6.53. The molecule has 1 aliphatic carbocycles. The number of unbranched alkanes of at least 4 members (excludes halogenated alkanes) is 1. The summed E-state index contributed by atoms with van der Waals surface area (Å²) in [5.41, 5.74) is 22.1. The first-order valence-electron chi connectivity index (χ1n) is 15.1. The van der Waals surface area contributed by atoms with Crippen molar-refractivity contribution in [3.63, 3.8) is 0 Å². The van der Waals surface area contributed by atoms with E-state index < -0.39 is 11.9 Å². The molecule has 0 radical (unpaired) electrons. The number of benzene rings is 2. The van der Waals surface area contributed by atoms with Crippen molar-refractivity contribution in [3.8, 4) is 11.1 Å². The second-order valence-corrected chi connectivity index (χ2v) is 12.7. The van der Waals surface area contributed by atoms with Crippen LogP contribution in [0.2, 0.25) is 0 Å². The molecule has 0 saturated heterocycles. The van der Waals surface area contributed by atoms with Gasteiger partial charge in [-0.15, -0.1) is 0 Å². The van der Waals surface area contributed by atoms with Crippen LogP contribution in [-0.2, 0) is 16.0 Å². The van der Waals surface area contributed by atoms with Crippen molar-refractivity contribution < 1.29 is 19.1 Å². The molecule has 9 heteroatoms. The molecular weight excluding hydrogens is 530 g/mol. The lowest BCUT2D eigenvalue weighted by atomic mass is 9.80. The van der Waals surface area contributed by atoms with Gasteiger partial charge in [-0.1, -0.05) is 44.5 Å². The van der Waals surface area contributed by atoms with Crippen LogP contribution in [0.25, 0.3) is 22.0 Å². The van der Waals surface area contributed by atoms with Crippen molar-refractivity contribution >= 4 is 34.4 Å². The van der Waals surface area contributed by atoms with Crippen LogP contribution in [0, 0.1) is 5.41 Å². The number of carbonyl (C=O) groups is 3. The van der Waals surface area contributed by atoms with Gasteiger partial charge in [0.1, 0.15) is 12.1 Å². The average Bonchev–Trinajstić information content (AvgIpc) is 3.27. The van der Waals surface area contributed by atoms with Crippen LogP contribution in [0.15, 0.2) is 42.5 Å². The van der Waals surface area contributed by atoms with Gasteiger partial charge in [0.15, 0.2) is 0 Å². The smallest absolute Gasteiger partial charge is 0.323 e. The maximum atomic E-state index is 13.3. The predicted octanol–water partition coefficient (Wildman–Crippen LogP) is 4.74. The Morgan fingerprint density at radius 1 is 1.07 bits per heavy atom. The number of amides is 1. The third-order valence-electron chi connectivity index (χ3n) is 8.66. The van der Waals surface area contributed by atoms with E-state index >= 15 is 0 Å². The number of primary amides is 1. The Morgan fingerprint density at radius 3 is 2.52 bits per heavy atom. The Balaban J connectivity index is 1.36. The van der Waals surface area contributed by atoms with Gasteiger partial charge in [-0.05, 0) is 80.7 Å². The number of carbonyl (C=O) groups excluding carboxylic acids is 3. The van der Waals surface area contributed by atoms with Gasteiger partial charge in [0.2, 0.25) is 5.91 Å². The molecule has 3 aromatic rings. The second-order valence-electron chi connectivity index (χ2n) is 12.7. The van der Waals surface area contributed by atoms with Crippen molar-refractivity contribution in [2.75, 3.05) is 11.9 Å². The van der Waals surface area contributed by atoms with Gasteiger partial charge in [-0.3, -0.25) is 19.0 Å². The van der Waals surface area contributed by atoms with E-state index in [0.717, 1.165) is 59.8 Å². The number of para-hydroxylation sites is 1. The maximum absolute atomic E-state index is 13.3. The minimum Gasteiger partial charge on any atom is -0.461 e. The number of nitrogens with zero attached hydrogens (tertiary/aromatic N) is 1. The fourth-order valence-electron chi connectivity index (χ4n) is 6.53. The molecule has 1 aliphatic heterocycles. The highest BCUT2D eigenvalue weighted by Gasteiger charge is 2.35. The number of esters is 1. The Bertz CT molecular complexity index is 1490. The summed E-state index contributed by atoms with van der Waals surface area (Å²) in [5, 5.41) is 4.58. The minimum absolute atomic E-state index is 0.0896. The topological polar surface area (TPSA) is 155 Å². The molecular formula is C33H43N5O4. The summed E-state index contributed by atoms with van der Waals surface area (Å²) >= 11 is 0. The summed E-state index contributed by atoms with van der Waals surface area (Å²) in [5.74, 6) is -0.753. The molecule has 1 aromatic heterocycles. The van der Waals surface area contributed by atoms with Gasteiger partial charge in [0.25, 0.3) is 5.91 Å². The van der Waals surface area contributed by atoms with E-state index in [-0.39, 0.29) is 29.4 Å². The molecule has 2 aromatic carbocycles. The molecule has 5 rings (SSSR count). The summed E-state index contributed by atoms with van der Waals surface area (Å²) in [6, 6.07) is 13.1. The Labute approximate surface area is 247 Å². The van der Waals surface area contributed by atoms with Crippen LogP contribution in [-0.4, -0.2) is 47.1 Å². The molecule has 2 aliphatic rings. The molecule has 1 fully saturated rings. The highest BCUT2D eigenvalue weighted by atomic mass is 16.5. The molecule has 1 unspecified atom stereocenters. The predicted molar refractivity (Wildman–Crippen MR) is 165 cm³/mol. The molecule has 1 saturated carbocycles. The highest BCUT2D eigenvalue weighted by molar-refractivity contribution is 6.06. The highest BCUT2D eigenvalue weighted by Crippen LogP contribution is 2.43. The van der Waals surface area contributed by atoms with Crippen molar-refractivity contribution in [2.24, 2.45) is 22.6 Å². The molecule has 9 nitrogen and oxygen atoms in total. The molecule has 42 heavy (non-hydrogen) atoms. The average molecular weight is 574 g/mol. The number of nitrogens with one attached hydrogen (secondary N) is 1. The zero-order chi connectivity index (χ0) is 30.0. The van der Waals surface area contributed by atoms with E-state index in [1.807, 2.05) is 34.9 Å². The second kappa shape index (κ2) is 12.3. The number of nitrogens with two attached hydrogens (primary N) is 3.